The van der Waals surface area contributed by atoms with Crippen LogP contribution >= 0.6 is 0 Å². The highest BCUT2D eigenvalue weighted by Crippen LogP contribution is 2.18. The van der Waals surface area contributed by atoms with Gasteiger partial charge in [-0.2, -0.15) is 0 Å². The van der Waals surface area contributed by atoms with Gasteiger partial charge in [-0.3, -0.25) is 14.4 Å². The van der Waals surface area contributed by atoms with Crippen LogP contribution in [0.3, 0.4) is 0 Å². The van der Waals surface area contributed by atoms with E-state index in [0.717, 1.165) is 83.5 Å². The Hall–Kier alpha value is -2.63. The SMILES string of the molecule is CC/C=C\C/C=C\C/C=C\C/C=C\CCCCCCCCCCCCCCC(=O)OCC(COC(=O)CCCCCCCCCC)OC(=O)CCCCCCCCCCCCCCCCCCCCCCCC. The zero-order chi connectivity index (χ0) is 52.9. The minimum Gasteiger partial charge on any atom is -0.462 e. The quantitative estimate of drug-likeness (QED) is 0.0261. The summed E-state index contributed by atoms with van der Waals surface area (Å²) in [4.78, 5) is 38.1. The Morgan fingerprint density at radius 2 is 0.534 bits per heavy atom. The number of allylic oxidation sites excluding steroid dienone is 8. The molecule has 1 unspecified atom stereocenters. The van der Waals surface area contributed by atoms with Gasteiger partial charge >= 0.3 is 17.9 Å². The molecule has 0 fully saturated rings. The van der Waals surface area contributed by atoms with Crippen LogP contribution in [-0.4, -0.2) is 37.2 Å². The number of carbonyl (C=O) groups excluding carboxylic acids is 3. The third kappa shape index (κ3) is 60.1. The van der Waals surface area contributed by atoms with Gasteiger partial charge in [0.1, 0.15) is 13.2 Å². The standard InChI is InChI=1S/C67H122O6/c1-4-7-10-13-16-19-21-23-25-27-29-31-33-34-35-37-38-40-42-44-46-48-51-54-57-60-66(69)72-63-64(62-71-65(68)59-56-53-50-18-15-12-9-6-3)73-67(70)61-58-55-52-49-47-45-43-41-39-36-32-30-28-26-24-22-20-17-14-11-8-5-2/h7,10,16,19,23,25,29,31,64H,4-6,8-9,11-15,17-18,20-22,24,26-28,30,32-63H2,1-3H3/b10-7-,19-16-,25-23-,31-29-. The average molecular weight is 1020 g/mol. The number of carbonyl (C=O) groups is 3. The molecular formula is C67H122O6. The lowest BCUT2D eigenvalue weighted by molar-refractivity contribution is -0.167. The molecule has 73 heavy (non-hydrogen) atoms. The molecule has 0 aliphatic rings. The van der Waals surface area contributed by atoms with Crippen LogP contribution < -0.4 is 0 Å². The highest BCUT2D eigenvalue weighted by molar-refractivity contribution is 5.71. The minimum atomic E-state index is -0.769. The van der Waals surface area contributed by atoms with E-state index in [9.17, 15) is 14.4 Å². The van der Waals surface area contributed by atoms with Crippen molar-refractivity contribution in [3.8, 4) is 0 Å². The van der Waals surface area contributed by atoms with Crippen molar-refractivity contribution in [1.82, 2.24) is 0 Å². The second kappa shape index (κ2) is 61.9. The fourth-order valence-corrected chi connectivity index (χ4v) is 9.56. The van der Waals surface area contributed by atoms with Crippen molar-refractivity contribution >= 4 is 17.9 Å². The van der Waals surface area contributed by atoms with Crippen molar-refractivity contribution < 1.29 is 28.6 Å². The van der Waals surface area contributed by atoms with Crippen LogP contribution in [0.1, 0.15) is 342 Å². The number of unbranched alkanes of at least 4 members (excludes halogenated alkanes) is 40. The smallest absolute Gasteiger partial charge is 0.306 e. The lowest BCUT2D eigenvalue weighted by Gasteiger charge is -2.18. The first-order valence-corrected chi connectivity index (χ1v) is 32.1. The molecule has 6 heteroatoms. The molecule has 0 heterocycles. The highest BCUT2D eigenvalue weighted by atomic mass is 16.6. The van der Waals surface area contributed by atoms with Crippen LogP contribution in [0.4, 0.5) is 0 Å². The molecule has 0 aromatic rings. The molecule has 0 radical (unpaired) electrons. The maximum atomic E-state index is 12.9. The Balaban J connectivity index is 4.13. The Bertz CT molecular complexity index is 1270. The third-order valence-electron chi connectivity index (χ3n) is 14.3. The van der Waals surface area contributed by atoms with E-state index in [1.165, 1.54) is 218 Å². The molecule has 0 spiro atoms. The second-order valence-electron chi connectivity index (χ2n) is 21.7. The molecule has 0 saturated heterocycles. The van der Waals surface area contributed by atoms with E-state index in [1.54, 1.807) is 0 Å². The fraction of sp³-hybridized carbons (Fsp3) is 0.836. The van der Waals surface area contributed by atoms with E-state index < -0.39 is 6.10 Å². The summed E-state index contributed by atoms with van der Waals surface area (Å²) >= 11 is 0. The normalized spacial score (nSPS) is 12.3. The van der Waals surface area contributed by atoms with E-state index in [2.05, 4.69) is 69.4 Å². The van der Waals surface area contributed by atoms with Crippen LogP contribution in [0.15, 0.2) is 48.6 Å². The van der Waals surface area contributed by atoms with Gasteiger partial charge in [0.15, 0.2) is 6.10 Å². The maximum Gasteiger partial charge on any atom is 0.306 e. The molecule has 0 bridgehead atoms. The first-order chi connectivity index (χ1) is 36.0. The molecule has 0 aliphatic carbocycles. The molecule has 0 saturated carbocycles. The van der Waals surface area contributed by atoms with Gasteiger partial charge in [0.05, 0.1) is 0 Å². The first-order valence-electron chi connectivity index (χ1n) is 32.1. The molecule has 0 rings (SSSR count). The molecule has 0 aliphatic heterocycles. The first kappa shape index (κ1) is 70.4. The van der Waals surface area contributed by atoms with Gasteiger partial charge in [-0.1, -0.05) is 313 Å². The third-order valence-corrected chi connectivity index (χ3v) is 14.3. The lowest BCUT2D eigenvalue weighted by atomic mass is 10.0. The molecule has 0 amide bonds. The molecule has 0 N–H and O–H groups in total. The van der Waals surface area contributed by atoms with Crippen LogP contribution in [0.2, 0.25) is 0 Å². The van der Waals surface area contributed by atoms with E-state index in [4.69, 9.17) is 14.2 Å². The van der Waals surface area contributed by atoms with Crippen LogP contribution in [0.25, 0.3) is 0 Å². The summed E-state index contributed by atoms with van der Waals surface area (Å²) in [5.41, 5.74) is 0. The predicted octanol–water partition coefficient (Wildman–Crippen LogP) is 21.8. The number of esters is 3. The highest BCUT2D eigenvalue weighted by Gasteiger charge is 2.19. The molecular weight excluding hydrogens is 901 g/mol. The Morgan fingerprint density at radius 3 is 0.836 bits per heavy atom. The van der Waals surface area contributed by atoms with Gasteiger partial charge < -0.3 is 14.2 Å². The summed E-state index contributed by atoms with van der Waals surface area (Å²) in [5, 5.41) is 0. The van der Waals surface area contributed by atoms with Crippen molar-refractivity contribution in [3.05, 3.63) is 48.6 Å². The largest absolute Gasteiger partial charge is 0.462 e. The van der Waals surface area contributed by atoms with Crippen LogP contribution in [-0.2, 0) is 28.6 Å². The van der Waals surface area contributed by atoms with Gasteiger partial charge in [-0.25, -0.2) is 0 Å². The Kier molecular flexibility index (Phi) is 59.7. The Morgan fingerprint density at radius 1 is 0.288 bits per heavy atom. The van der Waals surface area contributed by atoms with Crippen molar-refractivity contribution in [3.63, 3.8) is 0 Å². The molecule has 0 aromatic heterocycles. The van der Waals surface area contributed by atoms with E-state index >= 15 is 0 Å². The lowest BCUT2D eigenvalue weighted by Crippen LogP contribution is -2.30. The van der Waals surface area contributed by atoms with Gasteiger partial charge in [-0.05, 0) is 57.8 Å². The van der Waals surface area contributed by atoms with E-state index in [1.807, 2.05) is 0 Å². The van der Waals surface area contributed by atoms with Gasteiger partial charge in [0.2, 0.25) is 0 Å². The van der Waals surface area contributed by atoms with Crippen molar-refractivity contribution in [2.75, 3.05) is 13.2 Å². The maximum absolute atomic E-state index is 12.9. The van der Waals surface area contributed by atoms with Gasteiger partial charge in [0.25, 0.3) is 0 Å². The zero-order valence-electron chi connectivity index (χ0n) is 48.9. The Labute approximate surface area is 454 Å². The summed E-state index contributed by atoms with van der Waals surface area (Å²) in [6.07, 6.45) is 77.1. The van der Waals surface area contributed by atoms with Crippen molar-refractivity contribution in [1.29, 1.82) is 0 Å². The summed E-state index contributed by atoms with van der Waals surface area (Å²) in [5.74, 6) is -0.853. The fourth-order valence-electron chi connectivity index (χ4n) is 9.56. The summed E-state index contributed by atoms with van der Waals surface area (Å²) in [7, 11) is 0. The molecule has 0 aromatic carbocycles. The zero-order valence-corrected chi connectivity index (χ0v) is 48.9. The van der Waals surface area contributed by atoms with Gasteiger partial charge in [0, 0.05) is 19.3 Å². The summed E-state index contributed by atoms with van der Waals surface area (Å²) in [6.45, 7) is 6.55. The van der Waals surface area contributed by atoms with E-state index in [0.29, 0.717) is 19.3 Å². The number of rotatable bonds is 59. The number of ether oxygens (including phenoxy) is 3. The second-order valence-corrected chi connectivity index (χ2v) is 21.7. The topological polar surface area (TPSA) is 78.9 Å². The summed E-state index contributed by atoms with van der Waals surface area (Å²) in [6, 6.07) is 0. The van der Waals surface area contributed by atoms with Crippen molar-refractivity contribution in [2.24, 2.45) is 0 Å². The number of hydrogen-bond donors (Lipinski definition) is 0. The molecule has 1 atom stereocenters. The average Bonchev–Trinajstić information content (AvgIpc) is 3.39. The minimum absolute atomic E-state index is 0.0685. The van der Waals surface area contributed by atoms with Crippen molar-refractivity contribution in [2.45, 2.75) is 348 Å². The molecule has 6 nitrogen and oxygen atoms in total. The summed E-state index contributed by atoms with van der Waals surface area (Å²) < 4.78 is 16.9. The van der Waals surface area contributed by atoms with Crippen LogP contribution in [0, 0.1) is 0 Å². The van der Waals surface area contributed by atoms with E-state index in [-0.39, 0.29) is 31.1 Å². The monoisotopic (exact) mass is 1020 g/mol. The predicted molar refractivity (Wildman–Crippen MR) is 316 cm³/mol. The number of hydrogen-bond acceptors (Lipinski definition) is 6. The van der Waals surface area contributed by atoms with Gasteiger partial charge in [-0.15, -0.1) is 0 Å². The molecule has 426 valence electrons. The van der Waals surface area contributed by atoms with Crippen LogP contribution in [0.5, 0.6) is 0 Å².